The van der Waals surface area contributed by atoms with Crippen molar-refractivity contribution in [1.29, 1.82) is 0 Å². The number of nitrogens with one attached hydrogen (secondary N) is 1. The van der Waals surface area contributed by atoms with Gasteiger partial charge in [0.25, 0.3) is 0 Å². The van der Waals surface area contributed by atoms with E-state index >= 15 is 0 Å². The third kappa shape index (κ3) is 1.83. The van der Waals surface area contributed by atoms with Crippen LogP contribution in [0.15, 0.2) is 0 Å². The van der Waals surface area contributed by atoms with Crippen molar-refractivity contribution in [2.45, 2.75) is 24.2 Å². The molecular formula is C7H10F3NO3. The molecule has 7 heteroatoms. The minimum absolute atomic E-state index is 0.684. The van der Waals surface area contributed by atoms with E-state index in [0.29, 0.717) is 0 Å². The fourth-order valence-corrected chi connectivity index (χ4v) is 1.30. The van der Waals surface area contributed by atoms with Crippen LogP contribution in [0.5, 0.6) is 0 Å². The van der Waals surface area contributed by atoms with Crippen LogP contribution in [0.4, 0.5) is 13.2 Å². The molecule has 0 amide bonds. The zero-order valence-corrected chi connectivity index (χ0v) is 7.39. The van der Waals surface area contributed by atoms with E-state index in [0.717, 1.165) is 7.11 Å². The number of halogens is 3. The highest BCUT2D eigenvalue weighted by Crippen LogP contribution is 2.36. The van der Waals surface area contributed by atoms with Gasteiger partial charge in [0.05, 0.1) is 7.11 Å². The van der Waals surface area contributed by atoms with Crippen molar-refractivity contribution in [2.24, 2.45) is 0 Å². The van der Waals surface area contributed by atoms with Crippen molar-refractivity contribution in [3.8, 4) is 0 Å². The maximum Gasteiger partial charge on any atom is 0.418 e. The van der Waals surface area contributed by atoms with Crippen LogP contribution in [0, 0.1) is 0 Å². The average molecular weight is 213 g/mol. The van der Waals surface area contributed by atoms with Crippen molar-refractivity contribution in [1.82, 2.24) is 5.32 Å². The standard InChI is InChI=1S/C7H10F3NO3/c1-14-5(12)4-2-6(13,3-11-4)7(8,9)10/h4,11,13H,2-3H2,1H3/t4-,6+/m0/s1. The molecule has 1 fully saturated rings. The maximum atomic E-state index is 12.2. The molecule has 82 valence electrons. The van der Waals surface area contributed by atoms with E-state index in [4.69, 9.17) is 5.11 Å². The molecule has 4 nitrogen and oxygen atoms in total. The maximum absolute atomic E-state index is 12.2. The molecule has 2 N–H and O–H groups in total. The van der Waals surface area contributed by atoms with Crippen LogP contribution in [0.3, 0.4) is 0 Å². The molecular weight excluding hydrogens is 203 g/mol. The lowest BCUT2D eigenvalue weighted by atomic mass is 10.00. The molecule has 1 heterocycles. The molecule has 0 radical (unpaired) electrons. The molecule has 1 rings (SSSR count). The van der Waals surface area contributed by atoms with E-state index in [-0.39, 0.29) is 0 Å². The van der Waals surface area contributed by atoms with E-state index in [1.54, 1.807) is 0 Å². The van der Waals surface area contributed by atoms with Gasteiger partial charge in [-0.05, 0) is 0 Å². The van der Waals surface area contributed by atoms with Crippen molar-refractivity contribution in [3.63, 3.8) is 0 Å². The first-order valence-electron chi connectivity index (χ1n) is 3.90. The summed E-state index contributed by atoms with van der Waals surface area (Å²) in [6.07, 6.45) is -5.44. The van der Waals surface area contributed by atoms with E-state index in [1.807, 2.05) is 0 Å². The Kier molecular flexibility index (Phi) is 2.73. The molecule has 0 aromatic heterocycles. The molecule has 0 aliphatic carbocycles. The van der Waals surface area contributed by atoms with Crippen LogP contribution in [0.2, 0.25) is 0 Å². The van der Waals surface area contributed by atoms with E-state index in [9.17, 15) is 18.0 Å². The summed E-state index contributed by atoms with van der Waals surface area (Å²) >= 11 is 0. The number of hydrogen-bond acceptors (Lipinski definition) is 4. The molecule has 1 saturated heterocycles. The number of β-amino-alcohol motifs (C(OH)–C–C–N with tert-alkyl or cyclic N) is 1. The number of methoxy groups -OCH3 is 1. The minimum Gasteiger partial charge on any atom is -0.468 e. The van der Waals surface area contributed by atoms with Gasteiger partial charge in [-0.1, -0.05) is 0 Å². The first-order valence-corrected chi connectivity index (χ1v) is 3.90. The number of hydrogen-bond donors (Lipinski definition) is 2. The van der Waals surface area contributed by atoms with Crippen LogP contribution in [-0.2, 0) is 9.53 Å². The molecule has 0 aromatic rings. The number of carbonyl (C=O) groups is 1. The first kappa shape index (κ1) is 11.3. The minimum atomic E-state index is -4.73. The zero-order valence-electron chi connectivity index (χ0n) is 7.39. The van der Waals surface area contributed by atoms with E-state index < -0.39 is 36.8 Å². The molecule has 0 bridgehead atoms. The summed E-state index contributed by atoms with van der Waals surface area (Å²) in [4.78, 5) is 10.9. The largest absolute Gasteiger partial charge is 0.468 e. The zero-order chi connectivity index (χ0) is 11.0. The fourth-order valence-electron chi connectivity index (χ4n) is 1.30. The summed E-state index contributed by atoms with van der Waals surface area (Å²) < 4.78 is 41.0. The van der Waals surface area contributed by atoms with Gasteiger partial charge in [-0.2, -0.15) is 13.2 Å². The molecule has 0 aromatic carbocycles. The average Bonchev–Trinajstić information content (AvgIpc) is 2.47. The second kappa shape index (κ2) is 3.39. The number of ether oxygens (including phenoxy) is 1. The third-order valence-electron chi connectivity index (χ3n) is 2.20. The fraction of sp³-hybridized carbons (Fsp3) is 0.857. The number of rotatable bonds is 1. The van der Waals surface area contributed by atoms with Crippen LogP contribution >= 0.6 is 0 Å². The highest BCUT2D eigenvalue weighted by molar-refractivity contribution is 5.76. The van der Waals surface area contributed by atoms with Gasteiger partial charge in [0.1, 0.15) is 6.04 Å². The molecule has 0 saturated carbocycles. The van der Waals surface area contributed by atoms with Gasteiger partial charge >= 0.3 is 12.1 Å². The van der Waals surface area contributed by atoms with Crippen LogP contribution in [0.25, 0.3) is 0 Å². The monoisotopic (exact) mass is 213 g/mol. The molecule has 1 aliphatic heterocycles. The van der Waals surface area contributed by atoms with Crippen molar-refractivity contribution >= 4 is 5.97 Å². The van der Waals surface area contributed by atoms with Crippen LogP contribution < -0.4 is 5.32 Å². The van der Waals surface area contributed by atoms with E-state index in [1.165, 1.54) is 0 Å². The second-order valence-electron chi connectivity index (χ2n) is 3.19. The van der Waals surface area contributed by atoms with Crippen molar-refractivity contribution in [2.75, 3.05) is 13.7 Å². The Morgan fingerprint density at radius 2 is 2.21 bits per heavy atom. The van der Waals surface area contributed by atoms with Crippen molar-refractivity contribution < 1.29 is 27.8 Å². The number of esters is 1. The van der Waals surface area contributed by atoms with Gasteiger partial charge in [-0.3, -0.25) is 4.79 Å². The predicted molar refractivity (Wildman–Crippen MR) is 39.4 cm³/mol. The Hall–Kier alpha value is -0.820. The Morgan fingerprint density at radius 3 is 2.57 bits per heavy atom. The Balaban J connectivity index is 2.69. The topological polar surface area (TPSA) is 58.6 Å². The first-order chi connectivity index (χ1) is 6.30. The summed E-state index contributed by atoms with van der Waals surface area (Å²) in [6, 6.07) is -1.09. The van der Waals surface area contributed by atoms with Crippen molar-refractivity contribution in [3.05, 3.63) is 0 Å². The highest BCUT2D eigenvalue weighted by Gasteiger charge is 2.58. The van der Waals surface area contributed by atoms with Gasteiger partial charge in [-0.25, -0.2) is 0 Å². The Morgan fingerprint density at radius 1 is 1.64 bits per heavy atom. The van der Waals surface area contributed by atoms with Crippen LogP contribution in [-0.4, -0.2) is 42.5 Å². The van der Waals surface area contributed by atoms with Gasteiger partial charge in [0.15, 0.2) is 5.60 Å². The molecule has 14 heavy (non-hydrogen) atoms. The summed E-state index contributed by atoms with van der Waals surface area (Å²) in [6.45, 7) is -0.684. The van der Waals surface area contributed by atoms with Gasteiger partial charge in [-0.15, -0.1) is 0 Å². The summed E-state index contributed by atoms with van der Waals surface area (Å²) in [7, 11) is 1.08. The Bertz CT molecular complexity index is 243. The van der Waals surface area contributed by atoms with Crippen LogP contribution in [0.1, 0.15) is 6.42 Å². The number of carbonyl (C=O) groups excluding carboxylic acids is 1. The summed E-state index contributed by atoms with van der Waals surface area (Å²) in [5, 5.41) is 11.4. The molecule has 0 spiro atoms. The number of aliphatic hydroxyl groups is 1. The lowest BCUT2D eigenvalue weighted by molar-refractivity contribution is -0.252. The lowest BCUT2D eigenvalue weighted by Crippen LogP contribution is -2.46. The smallest absolute Gasteiger partial charge is 0.418 e. The highest BCUT2D eigenvalue weighted by atomic mass is 19.4. The van der Waals surface area contributed by atoms with E-state index in [2.05, 4.69) is 10.1 Å². The Labute approximate surface area is 78.0 Å². The molecule has 0 unspecified atom stereocenters. The normalized spacial score (nSPS) is 33.1. The van der Waals surface area contributed by atoms with Gasteiger partial charge in [0.2, 0.25) is 0 Å². The van der Waals surface area contributed by atoms with Gasteiger partial charge < -0.3 is 15.2 Å². The SMILES string of the molecule is COC(=O)[C@@H]1C[C@](O)(C(F)(F)F)CN1. The summed E-state index contributed by atoms with van der Waals surface area (Å²) in [5.74, 6) is -0.801. The summed E-state index contributed by atoms with van der Waals surface area (Å²) in [5.41, 5.74) is -2.83. The second-order valence-corrected chi connectivity index (χ2v) is 3.19. The quantitative estimate of drug-likeness (QED) is 0.593. The number of alkyl halides is 3. The van der Waals surface area contributed by atoms with Gasteiger partial charge in [0, 0.05) is 13.0 Å². The lowest BCUT2D eigenvalue weighted by Gasteiger charge is -2.24. The third-order valence-corrected chi connectivity index (χ3v) is 2.20. The molecule has 2 atom stereocenters. The predicted octanol–water partition coefficient (Wildman–Crippen LogP) is -0.185. The molecule has 1 aliphatic rings.